The van der Waals surface area contributed by atoms with Gasteiger partial charge < -0.3 is 5.32 Å². The minimum Gasteiger partial charge on any atom is -0.320 e. The molecule has 0 unspecified atom stereocenters. The van der Waals surface area contributed by atoms with Gasteiger partial charge in [0.2, 0.25) is 9.47 Å². The highest BCUT2D eigenvalue weighted by Gasteiger charge is 2.12. The van der Waals surface area contributed by atoms with Gasteiger partial charge >= 0.3 is 0 Å². The van der Waals surface area contributed by atoms with E-state index < -0.39 is 0 Å². The maximum atomic E-state index is 11.8. The topological polar surface area (TPSA) is 54.9 Å². The number of carbonyl (C=O) groups is 1. The molecular weight excluding hydrogens is 326 g/mol. The summed E-state index contributed by atoms with van der Waals surface area (Å²) in [6.07, 6.45) is 0. The van der Waals surface area contributed by atoms with Crippen LogP contribution in [-0.4, -0.2) is 16.1 Å². The summed E-state index contributed by atoms with van der Waals surface area (Å²) in [5.74, 6) is -0.309. The fraction of sp³-hybridized carbons (Fsp3) is 0.100. The lowest BCUT2D eigenvalue weighted by atomic mass is 10.2. The van der Waals surface area contributed by atoms with Gasteiger partial charge in [-0.1, -0.05) is 27.3 Å². The summed E-state index contributed by atoms with van der Waals surface area (Å²) in [7, 11) is 0. The van der Waals surface area contributed by atoms with Crippen LogP contribution in [0.5, 0.6) is 0 Å². The van der Waals surface area contributed by atoms with E-state index >= 15 is 0 Å². The van der Waals surface area contributed by atoms with Crippen LogP contribution in [0, 0.1) is 6.92 Å². The van der Waals surface area contributed by atoms with Gasteiger partial charge in [-0.25, -0.2) is 0 Å². The second-order valence-corrected chi connectivity index (χ2v) is 5.69. The molecule has 4 nitrogen and oxygen atoms in total. The normalized spacial score (nSPS) is 10.3. The molecule has 17 heavy (non-hydrogen) atoms. The Hall–Kier alpha value is -0.980. The maximum Gasteiger partial charge on any atom is 0.286 e. The van der Waals surface area contributed by atoms with Crippen molar-refractivity contribution in [2.75, 3.05) is 5.32 Å². The first kappa shape index (κ1) is 12.5. The Bertz CT molecular complexity index is 572. The van der Waals surface area contributed by atoms with Gasteiger partial charge in [0.05, 0.1) is 0 Å². The van der Waals surface area contributed by atoms with Gasteiger partial charge in [0, 0.05) is 10.2 Å². The fourth-order valence-corrected chi connectivity index (χ4v) is 2.17. The number of anilines is 1. The summed E-state index contributed by atoms with van der Waals surface area (Å²) < 4.78 is 1.25. The molecule has 1 amide bonds. The molecule has 0 fully saturated rings. The predicted molar refractivity (Wildman–Crippen MR) is 71.8 cm³/mol. The van der Waals surface area contributed by atoms with Crippen molar-refractivity contribution >= 4 is 50.5 Å². The smallest absolute Gasteiger partial charge is 0.286 e. The molecular formula is C10H7BrClN3OS. The number of rotatable bonds is 2. The molecule has 1 aromatic carbocycles. The molecule has 88 valence electrons. The molecule has 0 bridgehead atoms. The molecule has 0 saturated carbocycles. The van der Waals surface area contributed by atoms with E-state index in [4.69, 9.17) is 11.6 Å². The SMILES string of the molecule is Cc1cc(NC(=O)c2nnc(Cl)s2)ccc1Br. The highest BCUT2D eigenvalue weighted by atomic mass is 79.9. The number of hydrogen-bond donors (Lipinski definition) is 1. The third-order valence-electron chi connectivity index (χ3n) is 2.01. The summed E-state index contributed by atoms with van der Waals surface area (Å²) in [6, 6.07) is 5.54. The van der Waals surface area contributed by atoms with Crippen molar-refractivity contribution in [2.24, 2.45) is 0 Å². The molecule has 0 atom stereocenters. The van der Waals surface area contributed by atoms with Gasteiger partial charge in [-0.15, -0.1) is 10.2 Å². The van der Waals surface area contributed by atoms with Crippen LogP contribution in [0.4, 0.5) is 5.69 Å². The van der Waals surface area contributed by atoms with Crippen molar-refractivity contribution in [3.8, 4) is 0 Å². The molecule has 0 aliphatic carbocycles. The van der Waals surface area contributed by atoms with Gasteiger partial charge in [-0.2, -0.15) is 0 Å². The number of nitrogens with one attached hydrogen (secondary N) is 1. The summed E-state index contributed by atoms with van der Waals surface area (Å²) in [6.45, 7) is 1.95. The Morgan fingerprint density at radius 1 is 1.47 bits per heavy atom. The zero-order valence-electron chi connectivity index (χ0n) is 8.70. The third kappa shape index (κ3) is 3.02. The third-order valence-corrected chi connectivity index (χ3v) is 3.92. The van der Waals surface area contributed by atoms with Crippen LogP contribution in [0.15, 0.2) is 22.7 Å². The molecule has 0 radical (unpaired) electrons. The lowest BCUT2D eigenvalue weighted by Gasteiger charge is -2.04. The van der Waals surface area contributed by atoms with Crippen LogP contribution in [-0.2, 0) is 0 Å². The summed E-state index contributed by atoms with van der Waals surface area (Å²) >= 11 is 10.0. The van der Waals surface area contributed by atoms with Gasteiger partial charge in [0.15, 0.2) is 0 Å². The Morgan fingerprint density at radius 3 is 2.82 bits per heavy atom. The quantitative estimate of drug-likeness (QED) is 0.915. The van der Waals surface area contributed by atoms with Crippen molar-refractivity contribution in [1.82, 2.24) is 10.2 Å². The molecule has 0 spiro atoms. The summed E-state index contributed by atoms with van der Waals surface area (Å²) in [4.78, 5) is 11.8. The van der Waals surface area contributed by atoms with E-state index in [0.29, 0.717) is 5.69 Å². The molecule has 1 N–H and O–H groups in total. The first-order valence-corrected chi connectivity index (χ1v) is 6.61. The molecule has 7 heteroatoms. The number of amides is 1. The van der Waals surface area contributed by atoms with Crippen molar-refractivity contribution < 1.29 is 4.79 Å². The molecule has 1 aromatic heterocycles. The number of halogens is 2. The van der Waals surface area contributed by atoms with Gasteiger partial charge in [0.25, 0.3) is 5.91 Å². The van der Waals surface area contributed by atoms with E-state index in [1.807, 2.05) is 19.1 Å². The van der Waals surface area contributed by atoms with Crippen molar-refractivity contribution in [2.45, 2.75) is 6.92 Å². The van der Waals surface area contributed by atoms with Crippen LogP contribution >= 0.6 is 38.9 Å². The van der Waals surface area contributed by atoms with Crippen molar-refractivity contribution in [3.05, 3.63) is 37.7 Å². The Labute approximate surface area is 115 Å². The predicted octanol–water partition coefficient (Wildman–Crippen LogP) is 3.51. The lowest BCUT2D eigenvalue weighted by Crippen LogP contribution is -2.11. The number of aromatic nitrogens is 2. The number of benzene rings is 1. The number of hydrogen-bond acceptors (Lipinski definition) is 4. The molecule has 2 aromatic rings. The molecule has 0 aliphatic heterocycles. The summed E-state index contributed by atoms with van der Waals surface area (Å²) in [5, 5.41) is 10.2. The maximum absolute atomic E-state index is 11.8. The Kier molecular flexibility index (Phi) is 3.76. The van der Waals surface area contributed by atoms with Crippen LogP contribution in [0.25, 0.3) is 0 Å². The number of carbonyl (C=O) groups excluding carboxylic acids is 1. The standard InChI is InChI=1S/C10H7BrClN3OS/c1-5-4-6(2-3-7(5)11)13-8(16)9-14-15-10(12)17-9/h2-4H,1H3,(H,13,16). The van der Waals surface area contributed by atoms with Gasteiger partial charge in [0.1, 0.15) is 0 Å². The molecule has 0 saturated heterocycles. The largest absolute Gasteiger partial charge is 0.320 e. The van der Waals surface area contributed by atoms with Crippen molar-refractivity contribution in [3.63, 3.8) is 0 Å². The van der Waals surface area contributed by atoms with Crippen LogP contribution in [0.3, 0.4) is 0 Å². The molecule has 0 aliphatic rings. The van der Waals surface area contributed by atoms with Crippen LogP contribution < -0.4 is 5.32 Å². The minimum absolute atomic E-state index is 0.246. The number of aryl methyl sites for hydroxylation is 1. The van der Waals surface area contributed by atoms with Gasteiger partial charge in [-0.3, -0.25) is 4.79 Å². The fourth-order valence-electron chi connectivity index (χ4n) is 1.20. The summed E-state index contributed by atoms with van der Waals surface area (Å²) in [5.41, 5.74) is 1.75. The highest BCUT2D eigenvalue weighted by Crippen LogP contribution is 2.21. The first-order valence-electron chi connectivity index (χ1n) is 4.63. The zero-order valence-corrected chi connectivity index (χ0v) is 11.9. The van der Waals surface area contributed by atoms with E-state index in [9.17, 15) is 4.79 Å². The average molecular weight is 333 g/mol. The second-order valence-electron chi connectivity index (χ2n) is 3.28. The van der Waals surface area contributed by atoms with E-state index in [1.165, 1.54) is 0 Å². The van der Waals surface area contributed by atoms with E-state index in [2.05, 4.69) is 31.4 Å². The van der Waals surface area contributed by atoms with Crippen LogP contribution in [0.1, 0.15) is 15.4 Å². The highest BCUT2D eigenvalue weighted by molar-refractivity contribution is 9.10. The van der Waals surface area contributed by atoms with E-state index in [1.54, 1.807) is 6.07 Å². The molecule has 1 heterocycles. The van der Waals surface area contributed by atoms with E-state index in [0.717, 1.165) is 21.4 Å². The first-order chi connectivity index (χ1) is 8.06. The second kappa shape index (κ2) is 5.12. The lowest BCUT2D eigenvalue weighted by molar-refractivity contribution is 0.102. The Morgan fingerprint density at radius 2 is 2.24 bits per heavy atom. The number of nitrogens with zero attached hydrogens (tertiary/aromatic N) is 2. The van der Waals surface area contributed by atoms with Gasteiger partial charge in [-0.05, 0) is 42.3 Å². The average Bonchev–Trinajstić information content (AvgIpc) is 2.70. The van der Waals surface area contributed by atoms with Crippen LogP contribution in [0.2, 0.25) is 4.47 Å². The Balaban J connectivity index is 2.15. The van der Waals surface area contributed by atoms with E-state index in [-0.39, 0.29) is 15.4 Å². The minimum atomic E-state index is -0.309. The van der Waals surface area contributed by atoms with Crippen molar-refractivity contribution in [1.29, 1.82) is 0 Å². The monoisotopic (exact) mass is 331 g/mol. The zero-order chi connectivity index (χ0) is 12.4. The molecule has 2 rings (SSSR count).